The van der Waals surface area contributed by atoms with E-state index >= 15 is 0 Å². The van der Waals surface area contributed by atoms with Crippen LogP contribution in [-0.4, -0.2) is 0 Å². The molecular formula is C22H16FOP. The van der Waals surface area contributed by atoms with Gasteiger partial charge in [-0.05, 0) is 29.0 Å². The van der Waals surface area contributed by atoms with Crippen LogP contribution in [-0.2, 0) is 4.57 Å². The average molecular weight is 346 g/mol. The van der Waals surface area contributed by atoms with Gasteiger partial charge >= 0.3 is 0 Å². The molecule has 0 heterocycles. The zero-order valence-electron chi connectivity index (χ0n) is 13.5. The smallest absolute Gasteiger partial charge is 0.171 e. The molecule has 0 saturated heterocycles. The molecule has 0 saturated carbocycles. The van der Waals surface area contributed by atoms with Crippen LogP contribution >= 0.6 is 7.14 Å². The average Bonchev–Trinajstić information content (AvgIpc) is 2.68. The fourth-order valence-corrected chi connectivity index (χ4v) is 5.81. The molecule has 0 aliphatic carbocycles. The minimum absolute atomic E-state index is 0.269. The minimum atomic E-state index is -2.99. The second-order valence-corrected chi connectivity index (χ2v) is 8.72. The van der Waals surface area contributed by atoms with Gasteiger partial charge in [0, 0.05) is 15.9 Å². The highest BCUT2D eigenvalue weighted by molar-refractivity contribution is 7.85. The van der Waals surface area contributed by atoms with E-state index in [1.165, 1.54) is 12.1 Å². The lowest BCUT2D eigenvalue weighted by Gasteiger charge is -2.20. The van der Waals surface area contributed by atoms with Crippen LogP contribution in [0.3, 0.4) is 0 Å². The number of hydrogen-bond acceptors (Lipinski definition) is 1. The van der Waals surface area contributed by atoms with Crippen molar-refractivity contribution in [2.75, 3.05) is 0 Å². The number of fused-ring (bicyclic) bond motifs is 1. The maximum absolute atomic E-state index is 14.3. The van der Waals surface area contributed by atoms with E-state index in [2.05, 4.69) is 0 Å². The van der Waals surface area contributed by atoms with Crippen LogP contribution in [0.4, 0.5) is 4.39 Å². The van der Waals surface area contributed by atoms with Crippen molar-refractivity contribution in [3.63, 3.8) is 0 Å². The van der Waals surface area contributed by atoms with Crippen LogP contribution in [0.25, 0.3) is 10.8 Å². The molecule has 1 nitrogen and oxygen atoms in total. The number of hydrogen-bond donors (Lipinski definition) is 0. The van der Waals surface area contributed by atoms with Gasteiger partial charge in [-0.3, -0.25) is 0 Å². The van der Waals surface area contributed by atoms with Crippen LogP contribution < -0.4 is 15.9 Å². The highest BCUT2D eigenvalue weighted by Crippen LogP contribution is 2.42. The molecule has 4 rings (SSSR count). The molecule has 0 unspecified atom stereocenters. The van der Waals surface area contributed by atoms with Crippen LogP contribution in [0.2, 0.25) is 0 Å². The van der Waals surface area contributed by atoms with Crippen molar-refractivity contribution in [1.29, 1.82) is 0 Å². The summed E-state index contributed by atoms with van der Waals surface area (Å²) in [6, 6.07) is 29.3. The first kappa shape index (κ1) is 15.8. The third-order valence-electron chi connectivity index (χ3n) is 4.39. The Morgan fingerprint density at radius 2 is 1.08 bits per heavy atom. The van der Waals surface area contributed by atoms with Gasteiger partial charge < -0.3 is 4.57 Å². The molecule has 0 N–H and O–H groups in total. The monoisotopic (exact) mass is 346 g/mol. The molecule has 3 heteroatoms. The molecule has 4 aromatic rings. The van der Waals surface area contributed by atoms with E-state index in [0.717, 1.165) is 26.7 Å². The molecule has 0 aromatic heterocycles. The lowest BCUT2D eigenvalue weighted by Crippen LogP contribution is -2.24. The molecule has 0 radical (unpaired) electrons. The third kappa shape index (κ3) is 2.79. The molecule has 4 aromatic carbocycles. The Morgan fingerprint density at radius 1 is 0.560 bits per heavy atom. The van der Waals surface area contributed by atoms with Gasteiger partial charge in [-0.25, -0.2) is 4.39 Å². The van der Waals surface area contributed by atoms with Gasteiger partial charge in [0.2, 0.25) is 0 Å². The van der Waals surface area contributed by atoms with Crippen LogP contribution in [0.15, 0.2) is 97.1 Å². The molecule has 0 amide bonds. The maximum atomic E-state index is 14.3. The Balaban J connectivity index is 1.99. The van der Waals surface area contributed by atoms with Gasteiger partial charge in [-0.2, -0.15) is 0 Å². The summed E-state index contributed by atoms with van der Waals surface area (Å²) < 4.78 is 27.7. The van der Waals surface area contributed by atoms with E-state index in [0.29, 0.717) is 0 Å². The summed E-state index contributed by atoms with van der Waals surface area (Å²) in [6.07, 6.45) is 0. The van der Waals surface area contributed by atoms with Gasteiger partial charge in [0.25, 0.3) is 0 Å². The topological polar surface area (TPSA) is 17.1 Å². The number of halogens is 1. The number of benzene rings is 4. The summed E-state index contributed by atoms with van der Waals surface area (Å²) in [5, 5.41) is 4.02. The van der Waals surface area contributed by atoms with E-state index in [9.17, 15) is 8.96 Å². The van der Waals surface area contributed by atoms with Gasteiger partial charge in [0.1, 0.15) is 5.82 Å². The Kier molecular flexibility index (Phi) is 3.99. The summed E-state index contributed by atoms with van der Waals surface area (Å²) in [6.45, 7) is 0. The van der Waals surface area contributed by atoms with E-state index in [-0.39, 0.29) is 5.82 Å². The van der Waals surface area contributed by atoms with Crippen LogP contribution in [0.5, 0.6) is 0 Å². The van der Waals surface area contributed by atoms with Crippen molar-refractivity contribution in [1.82, 2.24) is 0 Å². The first-order chi connectivity index (χ1) is 12.2. The maximum Gasteiger partial charge on any atom is 0.171 e. The lowest BCUT2D eigenvalue weighted by atomic mass is 10.1. The Hall–Kier alpha value is -2.70. The van der Waals surface area contributed by atoms with Gasteiger partial charge in [0.15, 0.2) is 7.14 Å². The summed E-state index contributed by atoms with van der Waals surface area (Å²) in [5.41, 5.74) is 0. The van der Waals surface area contributed by atoms with E-state index in [1.54, 1.807) is 6.07 Å². The molecule has 0 atom stereocenters. The van der Waals surface area contributed by atoms with E-state index < -0.39 is 7.14 Å². The largest absolute Gasteiger partial charge is 0.309 e. The molecule has 122 valence electrons. The molecular weight excluding hydrogens is 330 g/mol. The molecule has 0 bridgehead atoms. The zero-order chi connectivity index (χ0) is 17.3. The first-order valence-corrected chi connectivity index (χ1v) is 9.80. The van der Waals surface area contributed by atoms with Crippen LogP contribution in [0.1, 0.15) is 0 Å². The zero-order valence-corrected chi connectivity index (χ0v) is 14.4. The second-order valence-electron chi connectivity index (χ2n) is 5.96. The second kappa shape index (κ2) is 6.31. The van der Waals surface area contributed by atoms with E-state index in [4.69, 9.17) is 0 Å². The molecule has 0 fully saturated rings. The van der Waals surface area contributed by atoms with Crippen LogP contribution in [0, 0.1) is 5.82 Å². The fourth-order valence-electron chi connectivity index (χ4n) is 3.12. The van der Waals surface area contributed by atoms with Gasteiger partial charge in [0.05, 0.1) is 0 Å². The Labute approximate surface area is 146 Å². The predicted octanol–water partition coefficient (Wildman–Crippen LogP) is 4.62. The normalized spacial score (nSPS) is 11.6. The van der Waals surface area contributed by atoms with Crippen molar-refractivity contribution >= 4 is 33.8 Å². The van der Waals surface area contributed by atoms with Gasteiger partial charge in [-0.1, -0.05) is 78.9 Å². The summed E-state index contributed by atoms with van der Waals surface area (Å²) in [5.74, 6) is -0.269. The first-order valence-electron chi connectivity index (χ1n) is 8.09. The molecule has 25 heavy (non-hydrogen) atoms. The van der Waals surface area contributed by atoms with Gasteiger partial charge in [-0.15, -0.1) is 0 Å². The summed E-state index contributed by atoms with van der Waals surface area (Å²) in [4.78, 5) is 0. The van der Waals surface area contributed by atoms with Crippen molar-refractivity contribution in [3.8, 4) is 0 Å². The Morgan fingerprint density at radius 3 is 1.68 bits per heavy atom. The molecule has 0 aliphatic rings. The summed E-state index contributed by atoms with van der Waals surface area (Å²) >= 11 is 0. The summed E-state index contributed by atoms with van der Waals surface area (Å²) in [7, 11) is -2.99. The van der Waals surface area contributed by atoms with E-state index in [1.807, 2.05) is 78.9 Å². The predicted molar refractivity (Wildman–Crippen MR) is 103 cm³/mol. The minimum Gasteiger partial charge on any atom is -0.309 e. The third-order valence-corrected chi connectivity index (χ3v) is 7.45. The highest BCUT2D eigenvalue weighted by Gasteiger charge is 2.29. The molecule has 0 spiro atoms. The molecule has 0 aliphatic heterocycles. The fraction of sp³-hybridized carbons (Fsp3) is 0. The van der Waals surface area contributed by atoms with Crippen molar-refractivity contribution < 1.29 is 8.96 Å². The lowest BCUT2D eigenvalue weighted by molar-refractivity contribution is 0.592. The quantitative estimate of drug-likeness (QED) is 0.495. The Bertz CT molecular complexity index is 1030. The van der Waals surface area contributed by atoms with Crippen molar-refractivity contribution in [2.24, 2.45) is 0 Å². The highest BCUT2D eigenvalue weighted by atomic mass is 31.2. The SMILES string of the molecule is O=P(c1ccccc1)(c1ccccc1)c1ccc2cc(F)ccc2c1. The number of rotatable bonds is 3. The van der Waals surface area contributed by atoms with Crippen molar-refractivity contribution in [2.45, 2.75) is 0 Å². The van der Waals surface area contributed by atoms with Crippen molar-refractivity contribution in [3.05, 3.63) is 103 Å². The standard InChI is InChI=1S/C22H16FOP/c23-19-13-11-18-16-22(14-12-17(18)15-19)25(24,20-7-3-1-4-8-20)21-9-5-2-6-10-21/h1-16H.